The second-order valence-corrected chi connectivity index (χ2v) is 0.734. The van der Waals surface area contributed by atoms with E-state index >= 15 is 0 Å². The predicted octanol–water partition coefficient (Wildman–Crippen LogP) is 0.579. The Morgan fingerprint density at radius 1 is 1.83 bits per heavy atom. The number of hydrogen-bond donors (Lipinski definition) is 0. The fourth-order valence-corrected chi connectivity index (χ4v) is 0.122. The van der Waals surface area contributed by atoms with Gasteiger partial charge in [0.2, 0.25) is 0 Å². The van der Waals surface area contributed by atoms with E-state index in [9.17, 15) is 0 Å². The van der Waals surface area contributed by atoms with Crippen LogP contribution in [0.2, 0.25) is 0 Å². The molecule has 4 heteroatoms. The van der Waals surface area contributed by atoms with Gasteiger partial charge in [0.15, 0.2) is 0 Å². The molecule has 0 rings (SSSR count). The molecular formula is C2HN3Pd. The summed E-state index contributed by atoms with van der Waals surface area (Å²) < 4.78 is 3.13. The molecule has 34 valence electrons. The van der Waals surface area contributed by atoms with Crippen molar-refractivity contribution in [2.24, 2.45) is 8.78 Å². The average Bonchev–Trinajstić information content (AvgIpc) is 1.61. The van der Waals surface area contributed by atoms with Crippen LogP contribution in [0.15, 0.2) is 8.78 Å². The third-order valence-corrected chi connectivity index (χ3v) is 0.325. The van der Waals surface area contributed by atoms with E-state index in [1.165, 1.54) is 0 Å². The van der Waals surface area contributed by atoms with Gasteiger partial charge in [-0.05, 0) is 0 Å². The number of nitrogens with zero attached hydrogens (tertiary/aromatic N) is 3. The zero-order valence-corrected chi connectivity index (χ0v) is 4.29. The first-order valence-corrected chi connectivity index (χ1v) is 1.78. The average molecular weight is 173 g/mol. The Hall–Kier alpha value is -0.378. The standard InChI is InChI=1S/C2HN3.Pd/c1-4-2-5-3;/h2H;/b5-2+;. The van der Waals surface area contributed by atoms with E-state index in [2.05, 4.69) is 32.6 Å². The van der Waals surface area contributed by atoms with Gasteiger partial charge >= 0.3 is 45.6 Å². The molecule has 0 radical (unpaired) electrons. The van der Waals surface area contributed by atoms with Gasteiger partial charge in [0.05, 0.1) is 0 Å². The molecule has 0 N–H and O–H groups in total. The van der Waals surface area contributed by atoms with Crippen molar-refractivity contribution in [3.05, 3.63) is 11.4 Å². The molecule has 3 nitrogen and oxygen atoms in total. The summed E-state index contributed by atoms with van der Waals surface area (Å²) >= 11 is 2.41. The SMILES string of the molecule is [C-]#[N+]/C=N/[N]=[Pd]. The monoisotopic (exact) mass is 173 g/mol. The summed E-state index contributed by atoms with van der Waals surface area (Å²) in [6.45, 7) is 6.10. The summed E-state index contributed by atoms with van der Waals surface area (Å²) in [7, 11) is 0. The fraction of sp³-hybridized carbons (Fsp3) is 0. The van der Waals surface area contributed by atoms with Gasteiger partial charge in [0.1, 0.15) is 0 Å². The third kappa shape index (κ3) is 3.62. The molecule has 0 aromatic carbocycles. The van der Waals surface area contributed by atoms with Crippen molar-refractivity contribution in [3.8, 4) is 0 Å². The van der Waals surface area contributed by atoms with E-state index in [0.717, 1.165) is 6.34 Å². The molecule has 0 fully saturated rings. The second kappa shape index (κ2) is 4.62. The molecule has 0 bridgehead atoms. The Kier molecular flexibility index (Phi) is 4.33. The van der Waals surface area contributed by atoms with Gasteiger partial charge in [-0.15, -0.1) is 0 Å². The van der Waals surface area contributed by atoms with Crippen LogP contribution in [-0.4, -0.2) is 6.34 Å². The van der Waals surface area contributed by atoms with Crippen LogP contribution in [0.25, 0.3) is 4.85 Å². The zero-order chi connectivity index (χ0) is 4.83. The van der Waals surface area contributed by atoms with Crippen LogP contribution >= 0.6 is 0 Å². The van der Waals surface area contributed by atoms with Crippen molar-refractivity contribution in [1.82, 2.24) is 0 Å². The van der Waals surface area contributed by atoms with Crippen LogP contribution in [-0.2, 0) is 19.0 Å². The zero-order valence-electron chi connectivity index (χ0n) is 2.74. The summed E-state index contributed by atoms with van der Waals surface area (Å²) in [6.07, 6.45) is 1.02. The van der Waals surface area contributed by atoms with E-state index in [4.69, 9.17) is 6.57 Å². The normalized spacial score (nSPS) is 8.17. The van der Waals surface area contributed by atoms with E-state index in [0.29, 0.717) is 0 Å². The molecule has 6 heavy (non-hydrogen) atoms. The Balaban J connectivity index is 3.26. The molecule has 0 saturated carbocycles. The van der Waals surface area contributed by atoms with Gasteiger partial charge in [-0.1, -0.05) is 0 Å². The molecule has 0 atom stereocenters. The Morgan fingerprint density at radius 2 is 2.50 bits per heavy atom. The second-order valence-electron chi connectivity index (χ2n) is 0.423. The molecule has 0 aliphatic heterocycles. The summed E-state index contributed by atoms with van der Waals surface area (Å²) in [5.74, 6) is 0. The molecule has 0 spiro atoms. The van der Waals surface area contributed by atoms with E-state index in [-0.39, 0.29) is 0 Å². The maximum absolute atomic E-state index is 6.10. The number of rotatable bonds is 1. The molecule has 0 unspecified atom stereocenters. The van der Waals surface area contributed by atoms with Gasteiger partial charge in [0.25, 0.3) is 0 Å². The van der Waals surface area contributed by atoms with Crippen molar-refractivity contribution in [2.75, 3.05) is 0 Å². The first-order valence-electron chi connectivity index (χ1n) is 1.08. The van der Waals surface area contributed by atoms with E-state index in [1.54, 1.807) is 0 Å². The topological polar surface area (TPSA) is 29.1 Å². The molecule has 0 aliphatic rings. The molecule has 0 amide bonds. The maximum atomic E-state index is 6.10. The van der Waals surface area contributed by atoms with Crippen molar-refractivity contribution < 1.29 is 19.0 Å². The van der Waals surface area contributed by atoms with Gasteiger partial charge in [-0.3, -0.25) is 0 Å². The van der Waals surface area contributed by atoms with Gasteiger partial charge in [-0.2, -0.15) is 0 Å². The minimum absolute atomic E-state index is 1.02. The Labute approximate surface area is 46.1 Å². The third-order valence-electron chi connectivity index (χ3n) is 0.146. The van der Waals surface area contributed by atoms with Crippen LogP contribution in [0.5, 0.6) is 0 Å². The Bertz CT molecular complexity index is 99.9. The van der Waals surface area contributed by atoms with Gasteiger partial charge in [-0.25, -0.2) is 0 Å². The van der Waals surface area contributed by atoms with Crippen LogP contribution < -0.4 is 0 Å². The van der Waals surface area contributed by atoms with Crippen molar-refractivity contribution in [1.29, 1.82) is 0 Å². The van der Waals surface area contributed by atoms with Crippen LogP contribution in [0.1, 0.15) is 0 Å². The predicted molar refractivity (Wildman–Crippen MR) is 17.5 cm³/mol. The molecular weight excluding hydrogens is 172 g/mol. The molecule has 0 heterocycles. The first-order chi connectivity index (χ1) is 2.91. The summed E-state index contributed by atoms with van der Waals surface area (Å²) in [5.41, 5.74) is 0. The van der Waals surface area contributed by atoms with Gasteiger partial charge < -0.3 is 0 Å². The van der Waals surface area contributed by atoms with Crippen molar-refractivity contribution in [3.63, 3.8) is 0 Å². The van der Waals surface area contributed by atoms with Crippen LogP contribution in [0.3, 0.4) is 0 Å². The van der Waals surface area contributed by atoms with Crippen LogP contribution in [0.4, 0.5) is 0 Å². The van der Waals surface area contributed by atoms with E-state index in [1.807, 2.05) is 0 Å². The summed E-state index contributed by atoms with van der Waals surface area (Å²) in [4.78, 5) is 2.77. The molecule has 0 aromatic heterocycles. The molecule has 0 saturated heterocycles. The van der Waals surface area contributed by atoms with Gasteiger partial charge in [0, 0.05) is 0 Å². The van der Waals surface area contributed by atoms with Crippen molar-refractivity contribution in [2.45, 2.75) is 0 Å². The van der Waals surface area contributed by atoms with Crippen molar-refractivity contribution >= 4 is 6.34 Å². The summed E-state index contributed by atoms with van der Waals surface area (Å²) in [5, 5.41) is 3.17. The molecule has 0 aliphatic carbocycles. The first kappa shape index (κ1) is 5.62. The van der Waals surface area contributed by atoms with E-state index < -0.39 is 0 Å². The number of hydrogen-bond acceptors (Lipinski definition) is 2. The molecule has 0 aromatic rings. The quantitative estimate of drug-likeness (QED) is 0.183. The van der Waals surface area contributed by atoms with Crippen LogP contribution in [0, 0.1) is 6.57 Å². The summed E-state index contributed by atoms with van der Waals surface area (Å²) in [6, 6.07) is 0. The Morgan fingerprint density at radius 3 is 2.67 bits per heavy atom. The fourth-order valence-electron chi connectivity index (χ4n) is 0.0421. The minimum atomic E-state index is 1.02.